The summed E-state index contributed by atoms with van der Waals surface area (Å²) in [6.07, 6.45) is 0.760. The molecule has 0 radical (unpaired) electrons. The summed E-state index contributed by atoms with van der Waals surface area (Å²) in [7, 11) is 0. The van der Waals surface area contributed by atoms with Crippen LogP contribution in [0.4, 0.5) is 5.69 Å². The Morgan fingerprint density at radius 2 is 1.69 bits per heavy atom. The van der Waals surface area contributed by atoms with Crippen molar-refractivity contribution in [3.63, 3.8) is 0 Å². The second-order valence-corrected chi connectivity index (χ2v) is 7.31. The molecule has 1 saturated heterocycles. The average molecular weight is 382 g/mol. The summed E-state index contributed by atoms with van der Waals surface area (Å²) in [5, 5.41) is 10.3. The van der Waals surface area contributed by atoms with Gasteiger partial charge in [-0.05, 0) is 37.1 Å². The van der Waals surface area contributed by atoms with Gasteiger partial charge in [0.05, 0.1) is 6.07 Å². The van der Waals surface area contributed by atoms with Crippen LogP contribution in [0.25, 0.3) is 0 Å². The van der Waals surface area contributed by atoms with Gasteiger partial charge >= 0.3 is 0 Å². The topological polar surface area (TPSA) is 53.3 Å². The summed E-state index contributed by atoms with van der Waals surface area (Å²) in [6, 6.07) is 27.6. The lowest BCUT2D eigenvalue weighted by molar-refractivity contribution is -0.117. The van der Waals surface area contributed by atoms with Gasteiger partial charge in [-0.15, -0.1) is 0 Å². The van der Waals surface area contributed by atoms with Crippen molar-refractivity contribution in [3.8, 4) is 11.8 Å². The molecule has 4 heteroatoms. The van der Waals surface area contributed by atoms with Crippen LogP contribution in [-0.4, -0.2) is 5.91 Å². The average Bonchev–Trinajstić information content (AvgIpc) is 3.11. The minimum atomic E-state index is -1.08. The standard InChI is InChI=1S/C25H22N2O2/c1-19-11-13-21(14-12-19)27-24(28)15-16-25(27,18-26)22-9-5-6-10-23(22)29-17-20-7-3-2-4-8-20/h2-14H,15-17H2,1H3/t25-/m1/s1. The summed E-state index contributed by atoms with van der Waals surface area (Å²) >= 11 is 0. The zero-order valence-electron chi connectivity index (χ0n) is 16.3. The van der Waals surface area contributed by atoms with Crippen molar-refractivity contribution in [3.05, 3.63) is 95.6 Å². The molecule has 1 fully saturated rings. The van der Waals surface area contributed by atoms with E-state index in [0.29, 0.717) is 25.2 Å². The van der Waals surface area contributed by atoms with Gasteiger partial charge in [-0.2, -0.15) is 5.26 Å². The van der Waals surface area contributed by atoms with Crippen LogP contribution in [0.15, 0.2) is 78.9 Å². The highest BCUT2D eigenvalue weighted by Crippen LogP contribution is 2.45. The maximum atomic E-state index is 12.8. The van der Waals surface area contributed by atoms with Crippen LogP contribution >= 0.6 is 0 Å². The molecule has 0 N–H and O–H groups in total. The minimum Gasteiger partial charge on any atom is -0.488 e. The fourth-order valence-electron chi connectivity index (χ4n) is 3.87. The summed E-state index contributed by atoms with van der Waals surface area (Å²) in [5.41, 5.74) is 2.53. The molecule has 3 aromatic carbocycles. The molecule has 0 unspecified atom stereocenters. The number of hydrogen-bond donors (Lipinski definition) is 0. The first-order valence-electron chi connectivity index (χ1n) is 9.71. The number of aryl methyl sites for hydroxylation is 1. The second-order valence-electron chi connectivity index (χ2n) is 7.31. The number of carbonyl (C=O) groups is 1. The summed E-state index contributed by atoms with van der Waals surface area (Å²) in [4.78, 5) is 14.5. The lowest BCUT2D eigenvalue weighted by Gasteiger charge is -2.34. The third-order valence-electron chi connectivity index (χ3n) is 5.38. The van der Waals surface area contributed by atoms with Crippen LogP contribution in [0.1, 0.15) is 29.5 Å². The van der Waals surface area contributed by atoms with Crippen LogP contribution in [0.2, 0.25) is 0 Å². The van der Waals surface area contributed by atoms with Crippen molar-refractivity contribution < 1.29 is 9.53 Å². The predicted molar refractivity (Wildman–Crippen MR) is 112 cm³/mol. The summed E-state index contributed by atoms with van der Waals surface area (Å²) < 4.78 is 6.11. The van der Waals surface area contributed by atoms with E-state index in [1.54, 1.807) is 4.90 Å². The van der Waals surface area contributed by atoms with E-state index in [1.165, 1.54) is 0 Å². The Morgan fingerprint density at radius 1 is 1.00 bits per heavy atom. The number of ether oxygens (including phenoxy) is 1. The van der Waals surface area contributed by atoms with Crippen LogP contribution in [0.5, 0.6) is 5.75 Å². The largest absolute Gasteiger partial charge is 0.488 e. The number of nitrogens with zero attached hydrogens (tertiary/aromatic N) is 2. The highest BCUT2D eigenvalue weighted by Gasteiger charge is 2.49. The molecule has 1 amide bonds. The van der Waals surface area contributed by atoms with Crippen LogP contribution in [-0.2, 0) is 16.9 Å². The lowest BCUT2D eigenvalue weighted by atomic mass is 9.87. The molecule has 0 bridgehead atoms. The van der Waals surface area contributed by atoms with Crippen molar-refractivity contribution in [2.75, 3.05) is 4.90 Å². The third kappa shape index (κ3) is 3.48. The van der Waals surface area contributed by atoms with E-state index in [9.17, 15) is 10.1 Å². The molecule has 144 valence electrons. The first-order valence-corrected chi connectivity index (χ1v) is 9.71. The number of rotatable bonds is 5. The van der Waals surface area contributed by atoms with Crippen LogP contribution < -0.4 is 9.64 Å². The second kappa shape index (κ2) is 7.81. The number of benzene rings is 3. The summed E-state index contributed by atoms with van der Waals surface area (Å²) in [6.45, 7) is 2.40. The van der Waals surface area contributed by atoms with E-state index < -0.39 is 5.54 Å². The molecule has 0 aliphatic carbocycles. The molecule has 1 heterocycles. The Kier molecular flexibility index (Phi) is 5.05. The number of carbonyl (C=O) groups excluding carboxylic acids is 1. The predicted octanol–water partition coefficient (Wildman–Crippen LogP) is 5.12. The van der Waals surface area contributed by atoms with Crippen molar-refractivity contribution in [1.29, 1.82) is 5.26 Å². The van der Waals surface area contributed by atoms with Gasteiger partial charge < -0.3 is 4.74 Å². The normalized spacial score (nSPS) is 18.5. The monoisotopic (exact) mass is 382 g/mol. The van der Waals surface area contributed by atoms with E-state index in [4.69, 9.17) is 4.74 Å². The summed E-state index contributed by atoms with van der Waals surface area (Å²) in [5.74, 6) is 0.581. The highest BCUT2D eigenvalue weighted by atomic mass is 16.5. The number of para-hydroxylation sites is 1. The SMILES string of the molecule is Cc1ccc(N2C(=O)CC[C@@]2(C#N)c2ccccc2OCc2ccccc2)cc1. The first-order chi connectivity index (χ1) is 14.1. The number of amides is 1. The number of nitriles is 1. The number of hydrogen-bond acceptors (Lipinski definition) is 3. The molecule has 0 aromatic heterocycles. The van der Waals surface area contributed by atoms with Crippen molar-refractivity contribution in [2.45, 2.75) is 31.9 Å². The Balaban J connectivity index is 1.74. The van der Waals surface area contributed by atoms with Gasteiger partial charge in [0.25, 0.3) is 0 Å². The molecule has 1 aliphatic heterocycles. The van der Waals surface area contributed by atoms with E-state index in [-0.39, 0.29) is 5.91 Å². The molecular formula is C25H22N2O2. The van der Waals surface area contributed by atoms with Gasteiger partial charge in [0.1, 0.15) is 12.4 Å². The van der Waals surface area contributed by atoms with E-state index in [2.05, 4.69) is 6.07 Å². The Labute approximate surface area is 171 Å². The maximum Gasteiger partial charge on any atom is 0.228 e. The van der Waals surface area contributed by atoms with Gasteiger partial charge in [-0.25, -0.2) is 0 Å². The fourth-order valence-corrected chi connectivity index (χ4v) is 3.87. The van der Waals surface area contributed by atoms with Crippen molar-refractivity contribution in [2.24, 2.45) is 0 Å². The van der Waals surface area contributed by atoms with Gasteiger partial charge in [0.15, 0.2) is 5.54 Å². The Morgan fingerprint density at radius 3 is 2.41 bits per heavy atom. The first kappa shape index (κ1) is 18.8. The molecule has 4 nitrogen and oxygen atoms in total. The zero-order chi connectivity index (χ0) is 20.3. The lowest BCUT2D eigenvalue weighted by Crippen LogP contribution is -2.42. The van der Waals surface area contributed by atoms with Gasteiger partial charge in [-0.1, -0.05) is 66.2 Å². The van der Waals surface area contributed by atoms with Gasteiger partial charge in [-0.3, -0.25) is 9.69 Å². The highest BCUT2D eigenvalue weighted by molar-refractivity contribution is 5.98. The fraction of sp³-hybridized carbons (Fsp3) is 0.200. The zero-order valence-corrected chi connectivity index (χ0v) is 16.3. The third-order valence-corrected chi connectivity index (χ3v) is 5.38. The molecule has 3 aromatic rings. The molecule has 1 atom stereocenters. The molecular weight excluding hydrogens is 360 g/mol. The molecule has 4 rings (SSSR count). The molecule has 29 heavy (non-hydrogen) atoms. The minimum absolute atomic E-state index is 0.0479. The van der Waals surface area contributed by atoms with Crippen molar-refractivity contribution >= 4 is 11.6 Å². The molecule has 0 saturated carbocycles. The maximum absolute atomic E-state index is 12.8. The van der Waals surface area contributed by atoms with Crippen LogP contribution in [0, 0.1) is 18.3 Å². The Hall–Kier alpha value is -3.58. The van der Waals surface area contributed by atoms with E-state index in [1.807, 2.05) is 85.8 Å². The van der Waals surface area contributed by atoms with E-state index in [0.717, 1.165) is 22.4 Å². The van der Waals surface area contributed by atoms with Gasteiger partial charge in [0.2, 0.25) is 5.91 Å². The van der Waals surface area contributed by atoms with Crippen molar-refractivity contribution in [1.82, 2.24) is 0 Å². The molecule has 0 spiro atoms. The van der Waals surface area contributed by atoms with E-state index >= 15 is 0 Å². The smallest absolute Gasteiger partial charge is 0.228 e. The Bertz CT molecular complexity index is 1050. The molecule has 1 aliphatic rings. The number of anilines is 1. The quantitative estimate of drug-likeness (QED) is 0.615. The van der Waals surface area contributed by atoms with Crippen LogP contribution in [0.3, 0.4) is 0 Å². The van der Waals surface area contributed by atoms with Gasteiger partial charge in [0, 0.05) is 17.7 Å².